The zero-order valence-electron chi connectivity index (χ0n) is 10.3. The Labute approximate surface area is 121 Å². The summed E-state index contributed by atoms with van der Waals surface area (Å²) in [6.45, 7) is 3.01. The number of ether oxygens (including phenoxy) is 1. The Balaban J connectivity index is 2.42. The summed E-state index contributed by atoms with van der Waals surface area (Å²) in [5, 5.41) is 2.05. The molecule has 0 unspecified atom stereocenters. The van der Waals surface area contributed by atoms with Crippen LogP contribution in [0.3, 0.4) is 0 Å². The van der Waals surface area contributed by atoms with E-state index < -0.39 is 0 Å². The zero-order chi connectivity index (χ0) is 12.6. The molecule has 0 aliphatic rings. The van der Waals surface area contributed by atoms with Crippen molar-refractivity contribution in [2.75, 3.05) is 17.3 Å². The zero-order valence-corrected chi connectivity index (χ0v) is 13.5. The molecule has 0 N–H and O–H groups in total. The van der Waals surface area contributed by atoms with Crippen LogP contribution >= 0.6 is 31.9 Å². The van der Waals surface area contributed by atoms with Gasteiger partial charge in [0, 0.05) is 10.7 Å². The van der Waals surface area contributed by atoms with Gasteiger partial charge < -0.3 is 4.74 Å². The van der Waals surface area contributed by atoms with Gasteiger partial charge in [-0.15, -0.1) is 0 Å². The van der Waals surface area contributed by atoms with Gasteiger partial charge in [0.1, 0.15) is 5.75 Å². The summed E-state index contributed by atoms with van der Waals surface area (Å²) in [6, 6.07) is 10.0. The lowest BCUT2D eigenvalue weighted by Gasteiger charge is -2.29. The van der Waals surface area contributed by atoms with Crippen LogP contribution in [-0.2, 0) is 0 Å². The van der Waals surface area contributed by atoms with E-state index in [0.29, 0.717) is 5.41 Å². The summed E-state index contributed by atoms with van der Waals surface area (Å²) in [5.41, 5.74) is 0.323. The van der Waals surface area contributed by atoms with Crippen LogP contribution in [0.5, 0.6) is 5.75 Å². The molecule has 1 nitrogen and oxygen atoms in total. The van der Waals surface area contributed by atoms with E-state index in [1.165, 1.54) is 12.8 Å². The Morgan fingerprint density at radius 1 is 1.06 bits per heavy atom. The van der Waals surface area contributed by atoms with Crippen molar-refractivity contribution < 1.29 is 4.74 Å². The maximum atomic E-state index is 5.77. The molecule has 96 valence electrons. The van der Waals surface area contributed by atoms with Gasteiger partial charge in [-0.1, -0.05) is 63.4 Å². The fourth-order valence-electron chi connectivity index (χ4n) is 1.86. The number of rotatable bonds is 8. The average molecular weight is 364 g/mol. The molecule has 0 saturated carbocycles. The van der Waals surface area contributed by atoms with E-state index in [9.17, 15) is 0 Å². The van der Waals surface area contributed by atoms with E-state index in [2.05, 4.69) is 38.8 Å². The molecule has 0 spiro atoms. The van der Waals surface area contributed by atoms with Gasteiger partial charge in [0.25, 0.3) is 0 Å². The van der Waals surface area contributed by atoms with Crippen molar-refractivity contribution in [3.8, 4) is 5.75 Å². The molecule has 0 aliphatic heterocycles. The molecule has 1 aromatic carbocycles. The lowest BCUT2D eigenvalue weighted by Crippen LogP contribution is -2.27. The van der Waals surface area contributed by atoms with Crippen LogP contribution in [-0.4, -0.2) is 17.3 Å². The summed E-state index contributed by atoms with van der Waals surface area (Å²) in [4.78, 5) is 0. The average Bonchev–Trinajstić information content (AvgIpc) is 2.39. The number of hydrogen-bond donors (Lipinski definition) is 0. The molecule has 0 heterocycles. The highest BCUT2D eigenvalue weighted by Gasteiger charge is 2.26. The Morgan fingerprint density at radius 2 is 1.71 bits per heavy atom. The molecule has 0 atom stereocenters. The second kappa shape index (κ2) is 8.15. The Bertz CT molecular complexity index is 296. The number of alkyl halides is 2. The SMILES string of the molecule is CCCC(CBr)(CBr)CCOc1ccccc1. The summed E-state index contributed by atoms with van der Waals surface area (Å²) >= 11 is 7.27. The minimum absolute atomic E-state index is 0.323. The normalized spacial score (nSPS) is 11.5. The van der Waals surface area contributed by atoms with Crippen molar-refractivity contribution >= 4 is 31.9 Å². The van der Waals surface area contributed by atoms with Crippen molar-refractivity contribution in [2.45, 2.75) is 26.2 Å². The minimum atomic E-state index is 0.323. The van der Waals surface area contributed by atoms with Crippen molar-refractivity contribution in [3.63, 3.8) is 0 Å². The molecule has 0 aliphatic carbocycles. The van der Waals surface area contributed by atoms with Gasteiger partial charge in [0.05, 0.1) is 6.61 Å². The van der Waals surface area contributed by atoms with Crippen molar-refractivity contribution in [3.05, 3.63) is 30.3 Å². The molecule has 1 rings (SSSR count). The standard InChI is InChI=1S/C14H20Br2O/c1-2-8-14(11-15,12-16)9-10-17-13-6-4-3-5-7-13/h3-7H,2,8-12H2,1H3. The molecular weight excluding hydrogens is 344 g/mol. The van der Waals surface area contributed by atoms with Gasteiger partial charge in [-0.3, -0.25) is 0 Å². The van der Waals surface area contributed by atoms with Crippen molar-refractivity contribution in [1.29, 1.82) is 0 Å². The van der Waals surface area contributed by atoms with Crippen LogP contribution in [0, 0.1) is 5.41 Å². The molecule has 1 aromatic rings. The third kappa shape index (κ3) is 5.01. The van der Waals surface area contributed by atoms with Gasteiger partial charge in [-0.05, 0) is 30.4 Å². The number of halogens is 2. The predicted molar refractivity (Wildman–Crippen MR) is 81.5 cm³/mol. The van der Waals surface area contributed by atoms with E-state index >= 15 is 0 Å². The topological polar surface area (TPSA) is 9.23 Å². The first-order valence-corrected chi connectivity index (χ1v) is 8.30. The Kier molecular flexibility index (Phi) is 7.21. The lowest BCUT2D eigenvalue weighted by atomic mass is 9.85. The number of hydrogen-bond acceptors (Lipinski definition) is 1. The highest BCUT2D eigenvalue weighted by Crippen LogP contribution is 2.32. The minimum Gasteiger partial charge on any atom is -0.494 e. The quantitative estimate of drug-likeness (QED) is 0.588. The summed E-state index contributed by atoms with van der Waals surface area (Å²) in [5.74, 6) is 0.960. The van der Waals surface area contributed by atoms with Crippen LogP contribution in [0.15, 0.2) is 30.3 Å². The smallest absolute Gasteiger partial charge is 0.119 e. The summed E-state index contributed by atoms with van der Waals surface area (Å²) < 4.78 is 5.77. The van der Waals surface area contributed by atoms with E-state index in [1.807, 2.05) is 30.3 Å². The fraction of sp³-hybridized carbons (Fsp3) is 0.571. The first kappa shape index (κ1) is 15.0. The first-order chi connectivity index (χ1) is 8.26. The second-order valence-electron chi connectivity index (χ2n) is 4.43. The van der Waals surface area contributed by atoms with Gasteiger partial charge in [-0.25, -0.2) is 0 Å². The highest BCUT2D eigenvalue weighted by molar-refractivity contribution is 9.09. The molecule has 0 bridgehead atoms. The Morgan fingerprint density at radius 3 is 2.24 bits per heavy atom. The monoisotopic (exact) mass is 362 g/mol. The van der Waals surface area contributed by atoms with Crippen LogP contribution in [0.1, 0.15) is 26.2 Å². The lowest BCUT2D eigenvalue weighted by molar-refractivity contribution is 0.226. The second-order valence-corrected chi connectivity index (χ2v) is 5.55. The first-order valence-electron chi connectivity index (χ1n) is 6.06. The van der Waals surface area contributed by atoms with E-state index in [1.54, 1.807) is 0 Å². The van der Waals surface area contributed by atoms with Crippen molar-refractivity contribution in [2.24, 2.45) is 5.41 Å². The third-order valence-electron chi connectivity index (χ3n) is 2.99. The van der Waals surface area contributed by atoms with Crippen molar-refractivity contribution in [1.82, 2.24) is 0 Å². The van der Waals surface area contributed by atoms with E-state index in [4.69, 9.17) is 4.74 Å². The van der Waals surface area contributed by atoms with Crippen LogP contribution in [0.2, 0.25) is 0 Å². The van der Waals surface area contributed by atoms with E-state index in [-0.39, 0.29) is 0 Å². The van der Waals surface area contributed by atoms with Crippen LogP contribution in [0.4, 0.5) is 0 Å². The Hall–Kier alpha value is -0.0200. The van der Waals surface area contributed by atoms with Gasteiger partial charge in [0.2, 0.25) is 0 Å². The maximum Gasteiger partial charge on any atom is 0.119 e. The molecule has 0 saturated heterocycles. The van der Waals surface area contributed by atoms with Gasteiger partial charge in [0.15, 0.2) is 0 Å². The molecule has 0 aromatic heterocycles. The predicted octanol–water partition coefficient (Wildman–Crippen LogP) is 5.03. The van der Waals surface area contributed by atoms with Crippen LogP contribution in [0.25, 0.3) is 0 Å². The van der Waals surface area contributed by atoms with Gasteiger partial charge in [-0.2, -0.15) is 0 Å². The molecule has 0 amide bonds. The summed E-state index contributed by atoms with van der Waals surface area (Å²) in [7, 11) is 0. The molecule has 0 radical (unpaired) electrons. The maximum absolute atomic E-state index is 5.77. The highest BCUT2D eigenvalue weighted by atomic mass is 79.9. The molecular formula is C14H20Br2O. The molecule has 17 heavy (non-hydrogen) atoms. The van der Waals surface area contributed by atoms with Gasteiger partial charge >= 0.3 is 0 Å². The number of para-hydroxylation sites is 1. The third-order valence-corrected chi connectivity index (χ3v) is 5.37. The molecule has 0 fully saturated rings. The fourth-order valence-corrected chi connectivity index (χ4v) is 3.91. The van der Waals surface area contributed by atoms with E-state index in [0.717, 1.165) is 29.4 Å². The molecule has 3 heteroatoms. The van der Waals surface area contributed by atoms with Crippen LogP contribution < -0.4 is 4.74 Å². The summed E-state index contributed by atoms with van der Waals surface area (Å²) in [6.07, 6.45) is 3.51. The number of benzene rings is 1. The largest absolute Gasteiger partial charge is 0.494 e.